The summed E-state index contributed by atoms with van der Waals surface area (Å²) in [5.41, 5.74) is 11.0. The van der Waals surface area contributed by atoms with Crippen molar-refractivity contribution >= 4 is 38.8 Å². The Balaban J connectivity index is 1.30. The van der Waals surface area contributed by atoms with Crippen LogP contribution in [0.15, 0.2) is 158 Å². The highest BCUT2D eigenvalue weighted by Crippen LogP contribution is 2.38. The van der Waals surface area contributed by atoms with Crippen molar-refractivity contribution in [3.63, 3.8) is 0 Å². The molecule has 6 aromatic carbocycles. The first kappa shape index (κ1) is 28.4. The Hall–Kier alpha value is -6.59. The summed E-state index contributed by atoms with van der Waals surface area (Å²) in [5, 5.41) is 3.74. The van der Waals surface area contributed by atoms with Crippen molar-refractivity contribution in [2.75, 3.05) is 0 Å². The fourth-order valence-corrected chi connectivity index (χ4v) is 7.59. The molecule has 0 aliphatic heterocycles. The molecule has 5 nitrogen and oxygen atoms in total. The van der Waals surface area contributed by atoms with E-state index in [1.807, 2.05) is 36.4 Å². The van der Waals surface area contributed by atoms with Crippen molar-refractivity contribution < 1.29 is 0 Å². The van der Waals surface area contributed by atoms with E-state index in [9.17, 15) is 0 Å². The van der Waals surface area contributed by atoms with Gasteiger partial charge in [0, 0.05) is 49.9 Å². The zero-order valence-corrected chi connectivity index (χ0v) is 27.2. The summed E-state index contributed by atoms with van der Waals surface area (Å²) >= 11 is 0. The van der Waals surface area contributed by atoms with Crippen LogP contribution in [0.3, 0.4) is 0 Å². The van der Waals surface area contributed by atoms with Crippen LogP contribution in [0.1, 0.15) is 17.7 Å². The van der Waals surface area contributed by atoms with Crippen LogP contribution < -0.4 is 0 Å². The summed E-state index contributed by atoms with van der Waals surface area (Å²) in [6.45, 7) is 0. The minimum absolute atomic E-state index is 0.627. The van der Waals surface area contributed by atoms with E-state index in [0.717, 1.165) is 51.9 Å². The third kappa shape index (κ3) is 4.59. The predicted octanol–water partition coefficient (Wildman–Crippen LogP) is 10.9. The zero-order chi connectivity index (χ0) is 33.0. The van der Waals surface area contributed by atoms with Crippen molar-refractivity contribution in [1.82, 2.24) is 24.1 Å². The number of aryl methyl sites for hydroxylation is 1. The summed E-state index contributed by atoms with van der Waals surface area (Å²) in [6, 6.07) is 53.2. The largest absolute Gasteiger partial charge is 0.309 e. The van der Waals surface area contributed by atoms with E-state index in [4.69, 9.17) is 15.0 Å². The van der Waals surface area contributed by atoms with Gasteiger partial charge in [-0.15, -0.1) is 0 Å². The standard InChI is InChI=1S/C45H31N5/c1-3-15-30(16-4-1)43-46-44(31-17-5-2-6-18-31)48-45(47-43)32-27-33(49-39-23-11-7-19-35(39)36-20-8-12-24-40(36)49)29-34(28-32)50-41-25-13-9-21-37(41)38-22-10-14-26-42(38)50/h1-9,11-21,23-29H,10,22H2. The number of hydrogen-bond acceptors (Lipinski definition) is 3. The SMILES string of the molecule is C1=Cc2c(c3ccccc3n2-c2cc(-c3nc(-c4ccccc4)nc(-c4ccccc4)n3)cc(-n3c4ccccc4c4ccccc43)c2)CC1. The van der Waals surface area contributed by atoms with E-state index in [1.165, 1.54) is 32.9 Å². The van der Waals surface area contributed by atoms with Crippen LogP contribution >= 0.6 is 0 Å². The molecule has 0 saturated carbocycles. The van der Waals surface area contributed by atoms with Gasteiger partial charge in [0.05, 0.1) is 16.6 Å². The average molecular weight is 642 g/mol. The molecule has 0 atom stereocenters. The van der Waals surface area contributed by atoms with Crippen molar-refractivity contribution in [3.05, 3.63) is 169 Å². The average Bonchev–Trinajstić information content (AvgIpc) is 3.71. The lowest BCUT2D eigenvalue weighted by Gasteiger charge is -2.17. The maximum Gasteiger partial charge on any atom is 0.164 e. The van der Waals surface area contributed by atoms with Crippen LogP contribution in [0, 0.1) is 0 Å². The van der Waals surface area contributed by atoms with Gasteiger partial charge in [-0.25, -0.2) is 15.0 Å². The Morgan fingerprint density at radius 3 is 1.46 bits per heavy atom. The molecule has 0 N–H and O–H groups in total. The van der Waals surface area contributed by atoms with Gasteiger partial charge in [0.1, 0.15) is 0 Å². The van der Waals surface area contributed by atoms with Gasteiger partial charge in [0.15, 0.2) is 17.5 Å². The van der Waals surface area contributed by atoms with Gasteiger partial charge < -0.3 is 9.13 Å². The van der Waals surface area contributed by atoms with E-state index in [0.29, 0.717) is 17.5 Å². The quantitative estimate of drug-likeness (QED) is 0.188. The highest BCUT2D eigenvalue weighted by molar-refractivity contribution is 6.09. The first-order valence-electron chi connectivity index (χ1n) is 17.1. The minimum atomic E-state index is 0.627. The first-order chi connectivity index (χ1) is 24.8. The topological polar surface area (TPSA) is 48.5 Å². The van der Waals surface area contributed by atoms with Gasteiger partial charge >= 0.3 is 0 Å². The fourth-order valence-electron chi connectivity index (χ4n) is 7.59. The molecular formula is C45H31N5. The molecule has 1 aliphatic rings. The molecule has 5 heteroatoms. The van der Waals surface area contributed by atoms with Crippen molar-refractivity contribution in [1.29, 1.82) is 0 Å². The number of fused-ring (bicyclic) bond motifs is 6. The monoisotopic (exact) mass is 641 g/mol. The molecule has 3 heterocycles. The van der Waals surface area contributed by atoms with E-state index in [-0.39, 0.29) is 0 Å². The smallest absolute Gasteiger partial charge is 0.164 e. The Morgan fingerprint density at radius 2 is 0.880 bits per heavy atom. The van der Waals surface area contributed by atoms with E-state index >= 15 is 0 Å². The number of hydrogen-bond donors (Lipinski definition) is 0. The second-order valence-electron chi connectivity index (χ2n) is 12.8. The third-order valence-corrected chi connectivity index (χ3v) is 9.81. The third-order valence-electron chi connectivity index (χ3n) is 9.81. The number of allylic oxidation sites excluding steroid dienone is 1. The molecule has 236 valence electrons. The van der Waals surface area contributed by atoms with Gasteiger partial charge in [0.2, 0.25) is 0 Å². The molecule has 9 aromatic rings. The number of nitrogens with zero attached hydrogens (tertiary/aromatic N) is 5. The van der Waals surface area contributed by atoms with E-state index in [1.54, 1.807) is 0 Å². The van der Waals surface area contributed by atoms with Gasteiger partial charge in [-0.05, 0) is 60.9 Å². The summed E-state index contributed by atoms with van der Waals surface area (Å²) < 4.78 is 4.79. The van der Waals surface area contributed by atoms with Crippen molar-refractivity contribution in [2.45, 2.75) is 12.8 Å². The molecule has 0 spiro atoms. The maximum atomic E-state index is 5.16. The molecule has 10 rings (SSSR count). The van der Waals surface area contributed by atoms with E-state index in [2.05, 4.69) is 137 Å². The second kappa shape index (κ2) is 11.5. The lowest BCUT2D eigenvalue weighted by Crippen LogP contribution is -2.05. The van der Waals surface area contributed by atoms with Crippen LogP contribution in [-0.2, 0) is 6.42 Å². The minimum Gasteiger partial charge on any atom is -0.309 e. The Kier molecular flexibility index (Phi) is 6.56. The molecule has 3 aromatic heterocycles. The lowest BCUT2D eigenvalue weighted by atomic mass is 10.0. The van der Waals surface area contributed by atoms with Gasteiger partial charge in [-0.2, -0.15) is 0 Å². The summed E-state index contributed by atoms with van der Waals surface area (Å²) in [4.78, 5) is 15.3. The van der Waals surface area contributed by atoms with Crippen LogP contribution in [0.2, 0.25) is 0 Å². The Morgan fingerprint density at radius 1 is 0.420 bits per heavy atom. The molecule has 1 aliphatic carbocycles. The highest BCUT2D eigenvalue weighted by Gasteiger charge is 2.21. The van der Waals surface area contributed by atoms with Crippen LogP contribution in [0.4, 0.5) is 0 Å². The molecular weight excluding hydrogens is 611 g/mol. The molecule has 0 unspecified atom stereocenters. The highest BCUT2D eigenvalue weighted by atomic mass is 15.0. The number of benzene rings is 6. The van der Waals surface area contributed by atoms with Gasteiger partial charge in [-0.3, -0.25) is 0 Å². The number of rotatable bonds is 5. The normalized spacial score (nSPS) is 12.6. The molecule has 0 fully saturated rings. The van der Waals surface area contributed by atoms with E-state index < -0.39 is 0 Å². The number of para-hydroxylation sites is 3. The Labute approximate surface area is 289 Å². The number of aromatic nitrogens is 5. The Bertz CT molecular complexity index is 2640. The lowest BCUT2D eigenvalue weighted by molar-refractivity contribution is 0.966. The molecule has 0 amide bonds. The summed E-state index contributed by atoms with van der Waals surface area (Å²) in [7, 11) is 0. The molecule has 0 bridgehead atoms. The van der Waals surface area contributed by atoms with Crippen molar-refractivity contribution in [2.24, 2.45) is 0 Å². The second-order valence-corrected chi connectivity index (χ2v) is 12.8. The summed E-state index contributed by atoms with van der Waals surface area (Å²) in [6.07, 6.45) is 6.64. The zero-order valence-electron chi connectivity index (χ0n) is 27.2. The maximum absolute atomic E-state index is 5.16. The molecule has 0 radical (unpaired) electrons. The molecule has 50 heavy (non-hydrogen) atoms. The molecule has 0 saturated heterocycles. The van der Waals surface area contributed by atoms with Crippen LogP contribution in [0.25, 0.3) is 84.3 Å². The fraction of sp³-hybridized carbons (Fsp3) is 0.0444. The summed E-state index contributed by atoms with van der Waals surface area (Å²) in [5.74, 6) is 1.91. The predicted molar refractivity (Wildman–Crippen MR) is 205 cm³/mol. The van der Waals surface area contributed by atoms with Crippen LogP contribution in [-0.4, -0.2) is 24.1 Å². The van der Waals surface area contributed by atoms with Crippen LogP contribution in [0.5, 0.6) is 0 Å². The van der Waals surface area contributed by atoms with Gasteiger partial charge in [-0.1, -0.05) is 121 Å². The van der Waals surface area contributed by atoms with Crippen molar-refractivity contribution in [3.8, 4) is 45.5 Å². The first-order valence-corrected chi connectivity index (χ1v) is 17.1. The van der Waals surface area contributed by atoms with Gasteiger partial charge in [0.25, 0.3) is 0 Å².